The Balaban J connectivity index is 2.30. The second kappa shape index (κ2) is 5.32. The minimum atomic E-state index is -3.83. The van der Waals surface area contributed by atoms with Crippen LogP contribution < -0.4 is 10.5 Å². The lowest BCUT2D eigenvalue weighted by Crippen LogP contribution is -2.13. The Kier molecular flexibility index (Phi) is 3.93. The van der Waals surface area contributed by atoms with Gasteiger partial charge in [0, 0.05) is 22.9 Å². The van der Waals surface area contributed by atoms with Crippen molar-refractivity contribution in [3.63, 3.8) is 0 Å². The van der Waals surface area contributed by atoms with Crippen molar-refractivity contribution in [2.45, 2.75) is 11.4 Å². The zero-order valence-electron chi connectivity index (χ0n) is 9.65. The van der Waals surface area contributed by atoms with E-state index < -0.39 is 15.8 Å². The van der Waals surface area contributed by atoms with E-state index in [1.54, 1.807) is 6.07 Å². The average molecular weight is 348 g/mol. The van der Waals surface area contributed by atoms with E-state index in [1.165, 1.54) is 24.4 Å². The summed E-state index contributed by atoms with van der Waals surface area (Å²) in [5.41, 5.74) is 5.86. The molecular weight excluding hydrogens is 337 g/mol. The lowest BCUT2D eigenvalue weighted by molar-refractivity contribution is 0.598. The Hall–Kier alpha value is -1.38. The highest BCUT2D eigenvalue weighted by atomic mass is 79.9. The number of aromatic amines is 1. The van der Waals surface area contributed by atoms with Crippen LogP contribution in [0.25, 0.3) is 0 Å². The van der Waals surface area contributed by atoms with Crippen LogP contribution in [0.4, 0.5) is 10.1 Å². The van der Waals surface area contributed by atoms with Crippen LogP contribution in [0.5, 0.6) is 0 Å². The first-order chi connectivity index (χ1) is 8.92. The molecule has 1 aromatic heterocycles. The summed E-state index contributed by atoms with van der Waals surface area (Å²) in [6.45, 7) is 0.197. The minimum Gasteiger partial charge on any atom is -0.363 e. The summed E-state index contributed by atoms with van der Waals surface area (Å²) in [6, 6.07) is 5.47. The highest BCUT2D eigenvalue weighted by Gasteiger charge is 2.17. The highest BCUT2D eigenvalue weighted by molar-refractivity contribution is 9.10. The number of anilines is 1. The monoisotopic (exact) mass is 347 g/mol. The van der Waals surface area contributed by atoms with Crippen LogP contribution in [0.3, 0.4) is 0 Å². The van der Waals surface area contributed by atoms with E-state index in [4.69, 9.17) is 5.73 Å². The third-order valence-corrected chi connectivity index (χ3v) is 4.26. The number of sulfonamides is 1. The summed E-state index contributed by atoms with van der Waals surface area (Å²) in [5.74, 6) is -0.660. The molecule has 0 unspecified atom stereocenters. The molecule has 0 aliphatic carbocycles. The van der Waals surface area contributed by atoms with E-state index in [0.717, 1.165) is 0 Å². The molecule has 0 radical (unpaired) electrons. The molecule has 4 N–H and O–H groups in total. The quantitative estimate of drug-likeness (QED) is 0.791. The number of hydrogen-bond donors (Lipinski definition) is 3. The molecule has 1 heterocycles. The fourth-order valence-corrected chi connectivity index (χ4v) is 2.89. The van der Waals surface area contributed by atoms with E-state index in [2.05, 4.69) is 25.6 Å². The van der Waals surface area contributed by atoms with Gasteiger partial charge >= 0.3 is 0 Å². The topological polar surface area (TPSA) is 88.0 Å². The van der Waals surface area contributed by atoms with Gasteiger partial charge < -0.3 is 10.7 Å². The van der Waals surface area contributed by atoms with Crippen molar-refractivity contribution in [2.75, 3.05) is 4.72 Å². The van der Waals surface area contributed by atoms with Crippen LogP contribution >= 0.6 is 15.9 Å². The zero-order valence-corrected chi connectivity index (χ0v) is 12.1. The molecule has 8 heteroatoms. The van der Waals surface area contributed by atoms with Crippen molar-refractivity contribution in [3.8, 4) is 0 Å². The maximum atomic E-state index is 13.6. The number of nitrogens with two attached hydrogens (primary N) is 1. The molecule has 0 spiro atoms. The average Bonchev–Trinajstić information content (AvgIpc) is 2.82. The maximum absolute atomic E-state index is 13.6. The number of nitrogens with one attached hydrogen (secondary N) is 2. The van der Waals surface area contributed by atoms with Gasteiger partial charge in [0.2, 0.25) is 0 Å². The Labute approximate surface area is 118 Å². The number of aromatic nitrogens is 1. The first-order valence-corrected chi connectivity index (χ1v) is 7.55. The van der Waals surface area contributed by atoms with Gasteiger partial charge in [0.25, 0.3) is 10.0 Å². The maximum Gasteiger partial charge on any atom is 0.263 e. The van der Waals surface area contributed by atoms with Gasteiger partial charge in [-0.15, -0.1) is 0 Å². The van der Waals surface area contributed by atoms with Gasteiger partial charge in [0.1, 0.15) is 10.7 Å². The van der Waals surface area contributed by atoms with Crippen LogP contribution in [-0.2, 0) is 16.6 Å². The molecule has 102 valence electrons. The molecule has 0 aliphatic rings. The molecule has 0 saturated heterocycles. The summed E-state index contributed by atoms with van der Waals surface area (Å²) in [6.07, 6.45) is 1.31. The van der Waals surface area contributed by atoms with Gasteiger partial charge in [0.05, 0.1) is 5.69 Å². The molecule has 19 heavy (non-hydrogen) atoms. The van der Waals surface area contributed by atoms with Crippen molar-refractivity contribution in [1.29, 1.82) is 0 Å². The highest BCUT2D eigenvalue weighted by Crippen LogP contribution is 2.22. The molecule has 2 aromatic rings. The largest absolute Gasteiger partial charge is 0.363 e. The van der Waals surface area contributed by atoms with Crippen molar-refractivity contribution in [1.82, 2.24) is 4.98 Å². The molecule has 5 nitrogen and oxygen atoms in total. The summed E-state index contributed by atoms with van der Waals surface area (Å²) >= 11 is 3.10. The summed E-state index contributed by atoms with van der Waals surface area (Å²) in [7, 11) is -3.83. The van der Waals surface area contributed by atoms with E-state index in [-0.39, 0.29) is 17.1 Å². The lowest BCUT2D eigenvalue weighted by atomic mass is 10.3. The molecular formula is C11H11BrFN3O2S. The van der Waals surface area contributed by atoms with Gasteiger partial charge in [-0.2, -0.15) is 0 Å². The van der Waals surface area contributed by atoms with Crippen LogP contribution in [-0.4, -0.2) is 13.4 Å². The molecule has 0 fully saturated rings. The van der Waals surface area contributed by atoms with Crippen molar-refractivity contribution < 1.29 is 12.8 Å². The Morgan fingerprint density at radius 3 is 2.68 bits per heavy atom. The number of halogens is 2. The standard InChI is InChI=1S/C11H11BrFN3O2S/c12-7-1-2-11(10(13)3-7)16-19(17,18)9-4-8(5-14)15-6-9/h1-4,6,15-16H,5,14H2. The third-order valence-electron chi connectivity index (χ3n) is 2.42. The fraction of sp³-hybridized carbons (Fsp3) is 0.0909. The lowest BCUT2D eigenvalue weighted by Gasteiger charge is -2.07. The van der Waals surface area contributed by atoms with Gasteiger partial charge in [-0.05, 0) is 24.3 Å². The SMILES string of the molecule is NCc1cc(S(=O)(=O)Nc2ccc(Br)cc2F)c[nH]1. The number of hydrogen-bond acceptors (Lipinski definition) is 3. The summed E-state index contributed by atoms with van der Waals surface area (Å²) in [5, 5.41) is 0. The van der Waals surface area contributed by atoms with Crippen molar-refractivity contribution in [2.24, 2.45) is 5.73 Å². The Morgan fingerprint density at radius 1 is 1.37 bits per heavy atom. The minimum absolute atomic E-state index is 0.00951. The molecule has 0 aliphatic heterocycles. The van der Waals surface area contributed by atoms with Crippen LogP contribution in [0.2, 0.25) is 0 Å². The fourth-order valence-electron chi connectivity index (χ4n) is 1.47. The van der Waals surface area contributed by atoms with Crippen LogP contribution in [0, 0.1) is 5.82 Å². The predicted molar refractivity (Wildman–Crippen MR) is 73.6 cm³/mol. The van der Waals surface area contributed by atoms with E-state index >= 15 is 0 Å². The molecule has 1 aromatic carbocycles. The summed E-state index contributed by atoms with van der Waals surface area (Å²) < 4.78 is 40.3. The molecule has 0 amide bonds. The first kappa shape index (κ1) is 14.0. The Morgan fingerprint density at radius 2 is 2.11 bits per heavy atom. The number of benzene rings is 1. The van der Waals surface area contributed by atoms with Crippen molar-refractivity contribution >= 4 is 31.6 Å². The number of H-pyrrole nitrogens is 1. The Bertz CT molecular complexity index is 700. The normalized spacial score (nSPS) is 11.5. The molecule has 2 rings (SSSR count). The third kappa shape index (κ3) is 3.14. The molecule has 0 bridgehead atoms. The van der Waals surface area contributed by atoms with Gasteiger partial charge in [-0.3, -0.25) is 4.72 Å². The second-order valence-electron chi connectivity index (χ2n) is 3.79. The van der Waals surface area contributed by atoms with E-state index in [0.29, 0.717) is 10.2 Å². The van der Waals surface area contributed by atoms with E-state index in [9.17, 15) is 12.8 Å². The van der Waals surface area contributed by atoms with E-state index in [1.807, 2.05) is 0 Å². The van der Waals surface area contributed by atoms with Crippen LogP contribution in [0.1, 0.15) is 5.69 Å². The molecule has 0 saturated carbocycles. The zero-order chi connectivity index (χ0) is 14.0. The van der Waals surface area contributed by atoms with Crippen LogP contribution in [0.15, 0.2) is 39.8 Å². The van der Waals surface area contributed by atoms with Gasteiger partial charge in [0.15, 0.2) is 0 Å². The first-order valence-electron chi connectivity index (χ1n) is 5.27. The summed E-state index contributed by atoms with van der Waals surface area (Å²) in [4.78, 5) is 2.74. The van der Waals surface area contributed by atoms with Crippen molar-refractivity contribution in [3.05, 3.63) is 46.4 Å². The smallest absolute Gasteiger partial charge is 0.263 e. The predicted octanol–water partition coefficient (Wildman–Crippen LogP) is 2.18. The number of rotatable bonds is 4. The second-order valence-corrected chi connectivity index (χ2v) is 6.39. The molecule has 0 atom stereocenters. The van der Waals surface area contributed by atoms with Gasteiger partial charge in [-0.25, -0.2) is 12.8 Å². The van der Waals surface area contributed by atoms with Gasteiger partial charge in [-0.1, -0.05) is 15.9 Å².